The Balaban J connectivity index is 2.22. The molecule has 1 N–H and O–H groups in total. The minimum atomic E-state index is -0.566. The first-order valence-corrected chi connectivity index (χ1v) is 4.84. The first-order valence-electron chi connectivity index (χ1n) is 4.84. The third-order valence-electron chi connectivity index (χ3n) is 3.40. The highest BCUT2D eigenvalue weighted by Crippen LogP contribution is 2.31. The van der Waals surface area contributed by atoms with E-state index in [9.17, 15) is 9.59 Å². The van der Waals surface area contributed by atoms with Gasteiger partial charge in [0.05, 0.1) is 0 Å². The molecule has 5 nitrogen and oxygen atoms in total. The summed E-state index contributed by atoms with van der Waals surface area (Å²) in [7, 11) is 3.73. The lowest BCUT2D eigenvalue weighted by molar-refractivity contribution is -0.128. The summed E-state index contributed by atoms with van der Waals surface area (Å²) in [5.74, 6) is -0.127. The second-order valence-corrected chi connectivity index (χ2v) is 4.15. The number of carbonyl (C=O) groups is 2. The Kier molecular flexibility index (Phi) is 1.99. The molecule has 0 atom stereocenters. The van der Waals surface area contributed by atoms with Crippen molar-refractivity contribution in [3.63, 3.8) is 0 Å². The van der Waals surface area contributed by atoms with E-state index in [1.165, 1.54) is 0 Å². The van der Waals surface area contributed by atoms with E-state index < -0.39 is 5.54 Å². The van der Waals surface area contributed by atoms with Crippen LogP contribution in [0.3, 0.4) is 0 Å². The number of imide groups is 1. The highest BCUT2D eigenvalue weighted by molar-refractivity contribution is 6.06. The van der Waals surface area contributed by atoms with Gasteiger partial charge in [-0.3, -0.25) is 10.1 Å². The SMILES string of the molecule is CN1CCC2(CC1)C(=O)NC(=O)N2C. The zero-order chi connectivity index (χ0) is 10.3. The molecule has 3 amide bonds. The van der Waals surface area contributed by atoms with Crippen LogP contribution < -0.4 is 5.32 Å². The molecule has 78 valence electrons. The smallest absolute Gasteiger partial charge is 0.313 e. The maximum absolute atomic E-state index is 11.7. The topological polar surface area (TPSA) is 52.7 Å². The minimum Gasteiger partial charge on any atom is -0.313 e. The molecule has 2 aliphatic rings. The summed E-state index contributed by atoms with van der Waals surface area (Å²) in [6.45, 7) is 1.73. The van der Waals surface area contributed by atoms with Gasteiger partial charge in [-0.05, 0) is 19.9 Å². The van der Waals surface area contributed by atoms with Crippen LogP contribution in [0, 0.1) is 0 Å². The molecular weight excluding hydrogens is 182 g/mol. The van der Waals surface area contributed by atoms with Crippen LogP contribution in [0.15, 0.2) is 0 Å². The summed E-state index contributed by atoms with van der Waals surface area (Å²) >= 11 is 0. The van der Waals surface area contributed by atoms with Crippen molar-refractivity contribution in [2.24, 2.45) is 0 Å². The fourth-order valence-corrected chi connectivity index (χ4v) is 2.19. The number of nitrogens with zero attached hydrogens (tertiary/aromatic N) is 2. The van der Waals surface area contributed by atoms with Crippen LogP contribution in [0.2, 0.25) is 0 Å². The number of piperidine rings is 1. The first-order chi connectivity index (χ1) is 6.56. The van der Waals surface area contributed by atoms with Crippen molar-refractivity contribution in [3.8, 4) is 0 Å². The van der Waals surface area contributed by atoms with E-state index >= 15 is 0 Å². The molecule has 2 saturated heterocycles. The van der Waals surface area contributed by atoms with E-state index in [4.69, 9.17) is 0 Å². The Hall–Kier alpha value is -1.10. The predicted molar refractivity (Wildman–Crippen MR) is 50.8 cm³/mol. The quantitative estimate of drug-likeness (QED) is 0.539. The number of amides is 3. The van der Waals surface area contributed by atoms with Crippen LogP contribution >= 0.6 is 0 Å². The van der Waals surface area contributed by atoms with Gasteiger partial charge in [-0.25, -0.2) is 4.79 Å². The summed E-state index contributed by atoms with van der Waals surface area (Å²) in [5, 5.41) is 2.37. The van der Waals surface area contributed by atoms with Gasteiger partial charge in [-0.15, -0.1) is 0 Å². The highest BCUT2D eigenvalue weighted by atomic mass is 16.2. The maximum atomic E-state index is 11.7. The van der Waals surface area contributed by atoms with Crippen LogP contribution in [0.25, 0.3) is 0 Å². The van der Waals surface area contributed by atoms with Gasteiger partial charge >= 0.3 is 6.03 Å². The number of hydrogen-bond acceptors (Lipinski definition) is 3. The lowest BCUT2D eigenvalue weighted by atomic mass is 9.87. The molecular formula is C9H15N3O2. The molecule has 0 aromatic rings. The molecule has 2 aliphatic heterocycles. The van der Waals surface area contributed by atoms with E-state index in [-0.39, 0.29) is 11.9 Å². The molecule has 0 saturated carbocycles. The average Bonchev–Trinajstić information content (AvgIpc) is 2.36. The zero-order valence-electron chi connectivity index (χ0n) is 8.54. The summed E-state index contributed by atoms with van der Waals surface area (Å²) in [4.78, 5) is 26.7. The molecule has 0 radical (unpaired) electrons. The summed E-state index contributed by atoms with van der Waals surface area (Å²) in [6.07, 6.45) is 1.47. The molecule has 0 bridgehead atoms. The summed E-state index contributed by atoms with van der Waals surface area (Å²) in [6, 6.07) is -0.264. The Labute approximate surface area is 83.0 Å². The standard InChI is InChI=1S/C9H15N3O2/c1-11-5-3-9(4-6-11)7(13)10-8(14)12(9)2/h3-6H2,1-2H3,(H,10,13,14). The van der Waals surface area contributed by atoms with E-state index in [0.29, 0.717) is 0 Å². The number of nitrogens with one attached hydrogen (secondary N) is 1. The van der Waals surface area contributed by atoms with Crippen LogP contribution in [0.5, 0.6) is 0 Å². The third kappa shape index (κ3) is 1.12. The van der Waals surface area contributed by atoms with Gasteiger partial charge in [0.15, 0.2) is 0 Å². The largest absolute Gasteiger partial charge is 0.324 e. The van der Waals surface area contributed by atoms with Crippen molar-refractivity contribution in [2.75, 3.05) is 27.2 Å². The fourth-order valence-electron chi connectivity index (χ4n) is 2.19. The average molecular weight is 197 g/mol. The number of hydrogen-bond donors (Lipinski definition) is 1. The van der Waals surface area contributed by atoms with Crippen LogP contribution in [-0.4, -0.2) is 54.5 Å². The van der Waals surface area contributed by atoms with Gasteiger partial charge < -0.3 is 9.80 Å². The van der Waals surface area contributed by atoms with Crippen molar-refractivity contribution >= 4 is 11.9 Å². The number of urea groups is 1. The van der Waals surface area contributed by atoms with Gasteiger partial charge in [-0.1, -0.05) is 0 Å². The van der Waals surface area contributed by atoms with E-state index in [0.717, 1.165) is 25.9 Å². The molecule has 2 rings (SSSR count). The fraction of sp³-hybridized carbons (Fsp3) is 0.778. The van der Waals surface area contributed by atoms with E-state index in [2.05, 4.69) is 10.2 Å². The van der Waals surface area contributed by atoms with Crippen LogP contribution in [-0.2, 0) is 4.79 Å². The second kappa shape index (κ2) is 2.95. The lowest BCUT2D eigenvalue weighted by Gasteiger charge is -2.39. The van der Waals surface area contributed by atoms with Crippen molar-refractivity contribution in [2.45, 2.75) is 18.4 Å². The molecule has 1 spiro atoms. The molecule has 0 aromatic carbocycles. The van der Waals surface area contributed by atoms with Crippen molar-refractivity contribution in [1.29, 1.82) is 0 Å². The third-order valence-corrected chi connectivity index (χ3v) is 3.40. The Bertz CT molecular complexity index is 282. The van der Waals surface area contributed by atoms with Crippen molar-refractivity contribution in [1.82, 2.24) is 15.1 Å². The second-order valence-electron chi connectivity index (χ2n) is 4.15. The molecule has 2 fully saturated rings. The number of likely N-dealkylation sites (tertiary alicyclic amines) is 1. The molecule has 0 aliphatic carbocycles. The molecule has 2 heterocycles. The molecule has 0 unspecified atom stereocenters. The van der Waals surface area contributed by atoms with Gasteiger partial charge in [0.1, 0.15) is 5.54 Å². The zero-order valence-corrected chi connectivity index (χ0v) is 8.54. The highest BCUT2D eigenvalue weighted by Gasteiger charge is 2.51. The first kappa shape index (κ1) is 9.45. The normalized spacial score (nSPS) is 27.1. The van der Waals surface area contributed by atoms with Crippen LogP contribution in [0.4, 0.5) is 4.79 Å². The lowest BCUT2D eigenvalue weighted by Crippen LogP contribution is -2.54. The Morgan fingerprint density at radius 1 is 1.21 bits per heavy atom. The number of likely N-dealkylation sites (N-methyl/N-ethyl adjacent to an activating group) is 1. The monoisotopic (exact) mass is 197 g/mol. The maximum Gasteiger partial charge on any atom is 0.324 e. The van der Waals surface area contributed by atoms with Gasteiger partial charge in [-0.2, -0.15) is 0 Å². The van der Waals surface area contributed by atoms with E-state index in [1.54, 1.807) is 11.9 Å². The Morgan fingerprint density at radius 2 is 1.79 bits per heavy atom. The van der Waals surface area contributed by atoms with Gasteiger partial charge in [0, 0.05) is 20.1 Å². The van der Waals surface area contributed by atoms with Gasteiger partial charge in [0.2, 0.25) is 0 Å². The van der Waals surface area contributed by atoms with Crippen molar-refractivity contribution in [3.05, 3.63) is 0 Å². The minimum absolute atomic E-state index is 0.127. The summed E-state index contributed by atoms with van der Waals surface area (Å²) < 4.78 is 0. The molecule has 0 aromatic heterocycles. The molecule has 14 heavy (non-hydrogen) atoms. The predicted octanol–water partition coefficient (Wildman–Crippen LogP) is -0.368. The number of rotatable bonds is 0. The molecule has 5 heteroatoms. The van der Waals surface area contributed by atoms with Crippen molar-refractivity contribution < 1.29 is 9.59 Å². The van der Waals surface area contributed by atoms with Gasteiger partial charge in [0.25, 0.3) is 5.91 Å². The summed E-state index contributed by atoms with van der Waals surface area (Å²) in [5.41, 5.74) is -0.566. The van der Waals surface area contributed by atoms with E-state index in [1.807, 2.05) is 7.05 Å². The van der Waals surface area contributed by atoms with Crippen LogP contribution in [0.1, 0.15) is 12.8 Å². The number of carbonyl (C=O) groups excluding carboxylic acids is 2. The Morgan fingerprint density at radius 3 is 2.21 bits per heavy atom.